The Morgan fingerprint density at radius 2 is 2.08 bits per heavy atom. The van der Waals surface area contributed by atoms with Gasteiger partial charge in [0.1, 0.15) is 17.4 Å². The number of aromatic amines is 1. The molecule has 4 rings (SSSR count). The third kappa shape index (κ3) is 2.76. The van der Waals surface area contributed by atoms with Crippen LogP contribution in [0.4, 0.5) is 17.3 Å². The Kier molecular flexibility index (Phi) is 3.93. The molecule has 0 saturated heterocycles. The Morgan fingerprint density at radius 1 is 1.28 bits per heavy atom. The molecule has 0 aliphatic carbocycles. The van der Waals surface area contributed by atoms with Gasteiger partial charge in [-0.05, 0) is 42.8 Å². The molecular weight excluding hydrogens is 316 g/mol. The van der Waals surface area contributed by atoms with Crippen LogP contribution in [0.25, 0.3) is 11.0 Å². The van der Waals surface area contributed by atoms with Gasteiger partial charge < -0.3 is 15.8 Å². The predicted molar refractivity (Wildman–Crippen MR) is 99.2 cm³/mol. The maximum atomic E-state index is 6.10. The molecule has 0 unspecified atom stereocenters. The van der Waals surface area contributed by atoms with Gasteiger partial charge in [-0.25, -0.2) is 4.98 Å². The molecule has 3 heterocycles. The maximum absolute atomic E-state index is 6.10. The minimum atomic E-state index is 0.597. The van der Waals surface area contributed by atoms with Crippen LogP contribution in [-0.2, 0) is 13.0 Å². The average molecular weight is 338 g/mol. The first-order valence-corrected chi connectivity index (χ1v) is 8.48. The topological polar surface area (TPSA) is 92.1 Å². The summed E-state index contributed by atoms with van der Waals surface area (Å²) in [6.07, 6.45) is 0.948. The lowest BCUT2D eigenvalue weighted by atomic mass is 9.97. The molecule has 0 atom stereocenters. The number of nitrogen functional groups attached to an aromatic ring is 1. The van der Waals surface area contributed by atoms with Gasteiger partial charge in [-0.1, -0.05) is 6.92 Å². The number of anilines is 3. The summed E-state index contributed by atoms with van der Waals surface area (Å²) in [4.78, 5) is 7.13. The zero-order valence-corrected chi connectivity index (χ0v) is 14.5. The molecule has 0 spiro atoms. The predicted octanol–water partition coefficient (Wildman–Crippen LogP) is 2.67. The number of nitrogens with zero attached hydrogens (tertiary/aromatic N) is 3. The first kappa shape index (κ1) is 15.7. The minimum Gasteiger partial charge on any atom is -0.497 e. The summed E-state index contributed by atoms with van der Waals surface area (Å²) < 4.78 is 5.22. The van der Waals surface area contributed by atoms with E-state index in [0.29, 0.717) is 11.5 Å². The molecular formula is C18H22N6O. The number of fused-ring (bicyclic) bond motifs is 3. The normalized spacial score (nSPS) is 14.5. The molecule has 1 aliphatic heterocycles. The van der Waals surface area contributed by atoms with Crippen LogP contribution in [0.5, 0.6) is 5.75 Å². The van der Waals surface area contributed by atoms with Crippen LogP contribution >= 0.6 is 0 Å². The maximum Gasteiger partial charge on any atom is 0.185 e. The van der Waals surface area contributed by atoms with Crippen molar-refractivity contribution in [1.29, 1.82) is 0 Å². The standard InChI is InChI=1S/C18H22N6O/c1-3-24-9-8-13-14(10-24)17(21-18-15(13)16(19)22-23-18)20-11-4-6-12(25-2)7-5-11/h4-7H,3,8-10H2,1-2H3,(H4,19,20,21,22,23). The third-order valence-electron chi connectivity index (χ3n) is 4.80. The number of aromatic nitrogens is 3. The van der Waals surface area contributed by atoms with E-state index in [9.17, 15) is 0 Å². The van der Waals surface area contributed by atoms with Gasteiger partial charge >= 0.3 is 0 Å². The molecule has 4 N–H and O–H groups in total. The first-order chi connectivity index (χ1) is 12.2. The lowest BCUT2D eigenvalue weighted by Crippen LogP contribution is -2.31. The van der Waals surface area contributed by atoms with Crippen molar-refractivity contribution in [3.8, 4) is 5.75 Å². The molecule has 0 radical (unpaired) electrons. The van der Waals surface area contributed by atoms with E-state index in [1.807, 2.05) is 24.3 Å². The van der Waals surface area contributed by atoms with E-state index in [1.165, 1.54) is 11.1 Å². The summed E-state index contributed by atoms with van der Waals surface area (Å²) in [5.74, 6) is 2.27. The summed E-state index contributed by atoms with van der Waals surface area (Å²) in [7, 11) is 1.66. The quantitative estimate of drug-likeness (QED) is 0.677. The van der Waals surface area contributed by atoms with Crippen LogP contribution in [0.1, 0.15) is 18.1 Å². The summed E-state index contributed by atoms with van der Waals surface area (Å²) in [6.45, 7) is 5.08. The van der Waals surface area contributed by atoms with Crippen LogP contribution in [0, 0.1) is 0 Å². The highest BCUT2D eigenvalue weighted by Gasteiger charge is 2.24. The van der Waals surface area contributed by atoms with Gasteiger partial charge in [0.2, 0.25) is 0 Å². The van der Waals surface area contributed by atoms with Gasteiger partial charge in [0, 0.05) is 24.3 Å². The van der Waals surface area contributed by atoms with Crippen molar-refractivity contribution >= 4 is 28.4 Å². The van der Waals surface area contributed by atoms with Crippen LogP contribution in [0.3, 0.4) is 0 Å². The lowest BCUT2D eigenvalue weighted by molar-refractivity contribution is 0.269. The van der Waals surface area contributed by atoms with E-state index in [-0.39, 0.29) is 0 Å². The van der Waals surface area contributed by atoms with Gasteiger partial charge in [-0.3, -0.25) is 10.00 Å². The highest BCUT2D eigenvalue weighted by atomic mass is 16.5. The van der Waals surface area contributed by atoms with Crippen LogP contribution in [0.2, 0.25) is 0 Å². The number of hydrogen-bond acceptors (Lipinski definition) is 6. The van der Waals surface area contributed by atoms with Crippen molar-refractivity contribution < 1.29 is 4.74 Å². The second-order valence-electron chi connectivity index (χ2n) is 6.23. The number of benzene rings is 1. The Bertz CT molecular complexity index is 902. The van der Waals surface area contributed by atoms with E-state index < -0.39 is 0 Å². The Hall–Kier alpha value is -2.80. The van der Waals surface area contributed by atoms with Crippen LogP contribution in [-0.4, -0.2) is 40.3 Å². The number of methoxy groups -OCH3 is 1. The van der Waals surface area contributed by atoms with Crippen molar-refractivity contribution in [3.05, 3.63) is 35.4 Å². The van der Waals surface area contributed by atoms with Crippen molar-refractivity contribution in [2.75, 3.05) is 31.2 Å². The fraction of sp³-hybridized carbons (Fsp3) is 0.333. The van der Waals surface area contributed by atoms with Crippen molar-refractivity contribution in [3.63, 3.8) is 0 Å². The second-order valence-corrected chi connectivity index (χ2v) is 6.23. The minimum absolute atomic E-state index is 0.597. The van der Waals surface area contributed by atoms with E-state index in [0.717, 1.165) is 48.7 Å². The smallest absolute Gasteiger partial charge is 0.185 e. The van der Waals surface area contributed by atoms with Crippen molar-refractivity contribution in [2.24, 2.45) is 0 Å². The first-order valence-electron chi connectivity index (χ1n) is 8.48. The average Bonchev–Trinajstić information content (AvgIpc) is 3.03. The molecule has 0 fully saturated rings. The fourth-order valence-corrected chi connectivity index (χ4v) is 3.39. The van der Waals surface area contributed by atoms with E-state index in [1.54, 1.807) is 7.11 Å². The zero-order chi connectivity index (χ0) is 17.4. The molecule has 7 nitrogen and oxygen atoms in total. The number of hydrogen-bond donors (Lipinski definition) is 3. The molecule has 130 valence electrons. The fourth-order valence-electron chi connectivity index (χ4n) is 3.39. The van der Waals surface area contributed by atoms with Gasteiger partial charge in [0.15, 0.2) is 5.65 Å². The molecule has 1 aliphatic rings. The highest BCUT2D eigenvalue weighted by Crippen LogP contribution is 2.34. The molecule has 7 heteroatoms. The number of ether oxygens (including phenoxy) is 1. The summed E-state index contributed by atoms with van der Waals surface area (Å²) >= 11 is 0. The largest absolute Gasteiger partial charge is 0.497 e. The number of nitrogens with one attached hydrogen (secondary N) is 2. The van der Waals surface area contributed by atoms with Gasteiger partial charge in [0.05, 0.1) is 12.5 Å². The molecule has 1 aromatic carbocycles. The Morgan fingerprint density at radius 3 is 2.80 bits per heavy atom. The molecule has 0 amide bonds. The summed E-state index contributed by atoms with van der Waals surface area (Å²) in [6, 6.07) is 7.82. The Labute approximate surface area is 146 Å². The summed E-state index contributed by atoms with van der Waals surface area (Å²) in [5.41, 5.74) is 10.2. The number of rotatable bonds is 4. The van der Waals surface area contributed by atoms with Gasteiger partial charge in [-0.2, -0.15) is 5.10 Å². The molecule has 25 heavy (non-hydrogen) atoms. The van der Waals surface area contributed by atoms with Crippen molar-refractivity contribution in [2.45, 2.75) is 19.9 Å². The van der Waals surface area contributed by atoms with Gasteiger partial charge in [-0.15, -0.1) is 0 Å². The Balaban J connectivity index is 1.79. The van der Waals surface area contributed by atoms with E-state index >= 15 is 0 Å². The zero-order valence-electron chi connectivity index (χ0n) is 14.5. The molecule has 2 aromatic heterocycles. The van der Waals surface area contributed by atoms with Crippen molar-refractivity contribution in [1.82, 2.24) is 20.1 Å². The van der Waals surface area contributed by atoms with E-state index in [4.69, 9.17) is 15.5 Å². The lowest BCUT2D eigenvalue weighted by Gasteiger charge is -2.29. The number of pyridine rings is 1. The SMILES string of the molecule is CCN1CCc2c(c(Nc3ccc(OC)cc3)nc3n[nH]c(N)c23)C1. The molecule has 3 aromatic rings. The van der Waals surface area contributed by atoms with Crippen LogP contribution < -0.4 is 15.8 Å². The second kappa shape index (κ2) is 6.25. The van der Waals surface area contributed by atoms with Gasteiger partial charge in [0.25, 0.3) is 0 Å². The monoisotopic (exact) mass is 338 g/mol. The number of nitrogens with two attached hydrogens (primary N) is 1. The third-order valence-corrected chi connectivity index (χ3v) is 4.80. The highest BCUT2D eigenvalue weighted by molar-refractivity contribution is 5.92. The number of H-pyrrole nitrogens is 1. The number of likely N-dealkylation sites (N-methyl/N-ethyl adjacent to an activating group) is 1. The van der Waals surface area contributed by atoms with E-state index in [2.05, 4.69) is 27.3 Å². The summed E-state index contributed by atoms with van der Waals surface area (Å²) in [5, 5.41) is 11.5. The molecule has 0 saturated carbocycles. The molecule has 0 bridgehead atoms. The van der Waals surface area contributed by atoms with Crippen LogP contribution in [0.15, 0.2) is 24.3 Å².